The van der Waals surface area contributed by atoms with Crippen LogP contribution in [0.1, 0.15) is 39.4 Å². The van der Waals surface area contributed by atoms with E-state index in [9.17, 15) is 14.0 Å². The Morgan fingerprint density at radius 1 is 1.15 bits per heavy atom. The SMILES string of the molecule is CC(Nc1nc(C(=O)N2CC(NC(=O)c3ccccc3)C2)c2sccc2n1)c1cncc(F)c1. The number of pyridine rings is 1. The number of fused-ring (bicyclic) bond motifs is 1. The topological polar surface area (TPSA) is 100 Å². The largest absolute Gasteiger partial charge is 0.348 e. The summed E-state index contributed by atoms with van der Waals surface area (Å²) in [6.07, 6.45) is 2.71. The van der Waals surface area contributed by atoms with Gasteiger partial charge >= 0.3 is 0 Å². The number of rotatable bonds is 6. The maximum absolute atomic E-state index is 13.5. The van der Waals surface area contributed by atoms with Gasteiger partial charge in [-0.1, -0.05) is 18.2 Å². The Morgan fingerprint density at radius 3 is 2.71 bits per heavy atom. The van der Waals surface area contributed by atoms with Crippen molar-refractivity contribution in [1.29, 1.82) is 0 Å². The van der Waals surface area contributed by atoms with Crippen LogP contribution in [0.2, 0.25) is 0 Å². The molecule has 2 N–H and O–H groups in total. The van der Waals surface area contributed by atoms with E-state index in [1.807, 2.05) is 36.6 Å². The number of halogens is 1. The molecular weight excluding hydrogens is 455 g/mol. The van der Waals surface area contributed by atoms with Crippen molar-refractivity contribution in [2.75, 3.05) is 18.4 Å². The Kier molecular flexibility index (Phi) is 5.89. The van der Waals surface area contributed by atoms with Gasteiger partial charge < -0.3 is 15.5 Å². The average Bonchev–Trinajstić information content (AvgIpc) is 3.29. The van der Waals surface area contributed by atoms with Gasteiger partial charge in [0.2, 0.25) is 5.95 Å². The number of thiophene rings is 1. The van der Waals surface area contributed by atoms with E-state index >= 15 is 0 Å². The fourth-order valence-corrected chi connectivity index (χ4v) is 4.57. The number of hydrogen-bond acceptors (Lipinski definition) is 7. The molecule has 5 rings (SSSR count). The Morgan fingerprint density at radius 2 is 1.94 bits per heavy atom. The number of benzene rings is 1. The lowest BCUT2D eigenvalue weighted by Gasteiger charge is -2.39. The highest BCUT2D eigenvalue weighted by Gasteiger charge is 2.34. The molecule has 0 aliphatic carbocycles. The van der Waals surface area contributed by atoms with Crippen molar-refractivity contribution in [2.45, 2.75) is 19.0 Å². The standard InChI is InChI=1S/C24H21FN6O2S/c1-14(16-9-17(25)11-26-10-16)27-24-29-19-7-8-34-21(19)20(30-24)23(33)31-12-18(13-31)28-22(32)15-5-3-2-4-6-15/h2-11,14,18H,12-13H2,1H3,(H,28,32)(H,27,29,30). The zero-order valence-electron chi connectivity index (χ0n) is 18.2. The van der Waals surface area contributed by atoms with Crippen molar-refractivity contribution in [3.63, 3.8) is 0 Å². The summed E-state index contributed by atoms with van der Waals surface area (Å²) < 4.78 is 14.2. The molecule has 8 nitrogen and oxygen atoms in total. The molecule has 1 atom stereocenters. The smallest absolute Gasteiger partial charge is 0.274 e. The fraction of sp³-hybridized carbons (Fsp3) is 0.208. The molecule has 0 saturated carbocycles. The van der Waals surface area contributed by atoms with Crippen molar-refractivity contribution in [2.24, 2.45) is 0 Å². The maximum Gasteiger partial charge on any atom is 0.274 e. The molecule has 172 valence electrons. The van der Waals surface area contributed by atoms with Crippen LogP contribution < -0.4 is 10.6 Å². The maximum atomic E-state index is 13.5. The van der Waals surface area contributed by atoms with Crippen molar-refractivity contribution in [3.8, 4) is 0 Å². The van der Waals surface area contributed by atoms with E-state index in [0.29, 0.717) is 40.1 Å². The first kappa shape index (κ1) is 21.9. The van der Waals surface area contributed by atoms with Crippen molar-refractivity contribution >= 4 is 39.3 Å². The number of anilines is 1. The molecule has 1 unspecified atom stereocenters. The summed E-state index contributed by atoms with van der Waals surface area (Å²) in [6.45, 7) is 2.65. The molecule has 0 bridgehead atoms. The minimum atomic E-state index is -0.428. The zero-order chi connectivity index (χ0) is 23.7. The summed E-state index contributed by atoms with van der Waals surface area (Å²) in [5.41, 5.74) is 2.19. The second-order valence-electron chi connectivity index (χ2n) is 8.08. The molecule has 3 aromatic heterocycles. The normalized spacial score (nSPS) is 14.5. The number of hydrogen-bond donors (Lipinski definition) is 2. The van der Waals surface area contributed by atoms with E-state index in [1.54, 1.807) is 23.2 Å². The number of carbonyl (C=O) groups is 2. The van der Waals surface area contributed by atoms with E-state index in [1.165, 1.54) is 17.4 Å². The second kappa shape index (κ2) is 9.14. The Hall–Kier alpha value is -3.92. The molecule has 4 aromatic rings. The first-order valence-electron chi connectivity index (χ1n) is 10.8. The summed E-state index contributed by atoms with van der Waals surface area (Å²) in [7, 11) is 0. The molecule has 10 heteroatoms. The molecule has 2 amide bonds. The highest BCUT2D eigenvalue weighted by molar-refractivity contribution is 7.17. The first-order valence-corrected chi connectivity index (χ1v) is 11.6. The van der Waals surface area contributed by atoms with Crippen LogP contribution in [0.15, 0.2) is 60.2 Å². The molecule has 0 spiro atoms. The molecule has 4 heterocycles. The quantitative estimate of drug-likeness (QED) is 0.441. The number of amides is 2. The van der Waals surface area contributed by atoms with E-state index in [-0.39, 0.29) is 29.8 Å². The van der Waals surface area contributed by atoms with Crippen LogP contribution >= 0.6 is 11.3 Å². The molecule has 0 radical (unpaired) electrons. The van der Waals surface area contributed by atoms with Crippen LogP contribution in [0.4, 0.5) is 10.3 Å². The van der Waals surface area contributed by atoms with Crippen LogP contribution in [0, 0.1) is 5.82 Å². The number of nitrogens with one attached hydrogen (secondary N) is 2. The third kappa shape index (κ3) is 4.44. The van der Waals surface area contributed by atoms with E-state index in [4.69, 9.17) is 0 Å². The third-order valence-electron chi connectivity index (χ3n) is 5.62. The van der Waals surface area contributed by atoms with Crippen LogP contribution in [0.3, 0.4) is 0 Å². The molecule has 1 aliphatic heterocycles. The predicted molar refractivity (Wildman–Crippen MR) is 127 cm³/mol. The van der Waals surface area contributed by atoms with Crippen molar-refractivity contribution in [1.82, 2.24) is 25.2 Å². The van der Waals surface area contributed by atoms with Gasteiger partial charge in [-0.2, -0.15) is 0 Å². The molecule has 1 aromatic carbocycles. The van der Waals surface area contributed by atoms with Gasteiger partial charge in [0.25, 0.3) is 11.8 Å². The highest BCUT2D eigenvalue weighted by Crippen LogP contribution is 2.27. The Labute approximate surface area is 198 Å². The summed E-state index contributed by atoms with van der Waals surface area (Å²) in [4.78, 5) is 40.1. The number of nitrogens with zero attached hydrogens (tertiary/aromatic N) is 4. The second-order valence-corrected chi connectivity index (χ2v) is 9.00. The number of aromatic nitrogens is 3. The summed E-state index contributed by atoms with van der Waals surface area (Å²) in [5.74, 6) is -0.528. The van der Waals surface area contributed by atoms with Gasteiger partial charge in [-0.25, -0.2) is 14.4 Å². The monoisotopic (exact) mass is 476 g/mol. The lowest BCUT2D eigenvalue weighted by molar-refractivity contribution is 0.0539. The van der Waals surface area contributed by atoms with E-state index in [2.05, 4.69) is 25.6 Å². The fourth-order valence-electron chi connectivity index (χ4n) is 3.76. The van der Waals surface area contributed by atoms with Gasteiger partial charge in [-0.15, -0.1) is 11.3 Å². The first-order chi connectivity index (χ1) is 16.5. The third-order valence-corrected chi connectivity index (χ3v) is 6.53. The molecule has 34 heavy (non-hydrogen) atoms. The summed E-state index contributed by atoms with van der Waals surface area (Å²) in [6, 6.07) is 11.8. The molecular formula is C24H21FN6O2S. The van der Waals surface area contributed by atoms with Crippen LogP contribution in [-0.4, -0.2) is 50.8 Å². The van der Waals surface area contributed by atoms with Crippen LogP contribution in [0.5, 0.6) is 0 Å². The minimum absolute atomic E-state index is 0.115. The van der Waals surface area contributed by atoms with Gasteiger partial charge in [-0.3, -0.25) is 14.6 Å². The minimum Gasteiger partial charge on any atom is -0.348 e. The zero-order valence-corrected chi connectivity index (χ0v) is 19.1. The number of likely N-dealkylation sites (tertiary alicyclic amines) is 1. The van der Waals surface area contributed by atoms with Gasteiger partial charge in [0.05, 0.1) is 28.5 Å². The van der Waals surface area contributed by atoms with E-state index in [0.717, 1.165) is 6.20 Å². The molecule has 1 saturated heterocycles. The van der Waals surface area contributed by atoms with Gasteiger partial charge in [0, 0.05) is 24.8 Å². The lowest BCUT2D eigenvalue weighted by Crippen LogP contribution is -2.61. The number of carbonyl (C=O) groups excluding carboxylic acids is 2. The summed E-state index contributed by atoms with van der Waals surface area (Å²) in [5, 5.41) is 7.95. The molecule has 1 fully saturated rings. The Balaban J connectivity index is 1.29. The van der Waals surface area contributed by atoms with E-state index < -0.39 is 5.82 Å². The Bertz CT molecular complexity index is 1360. The van der Waals surface area contributed by atoms with Crippen molar-refractivity contribution < 1.29 is 14.0 Å². The predicted octanol–water partition coefficient (Wildman–Crippen LogP) is 3.65. The van der Waals surface area contributed by atoms with Gasteiger partial charge in [0.1, 0.15) is 5.82 Å². The highest BCUT2D eigenvalue weighted by atomic mass is 32.1. The van der Waals surface area contributed by atoms with Crippen LogP contribution in [0.25, 0.3) is 10.2 Å². The van der Waals surface area contributed by atoms with Crippen LogP contribution in [-0.2, 0) is 0 Å². The van der Waals surface area contributed by atoms with Gasteiger partial charge in [0.15, 0.2) is 5.69 Å². The summed E-state index contributed by atoms with van der Waals surface area (Å²) >= 11 is 1.40. The van der Waals surface area contributed by atoms with Crippen molar-refractivity contribution in [3.05, 3.63) is 82.9 Å². The van der Waals surface area contributed by atoms with Gasteiger partial charge in [-0.05, 0) is 42.1 Å². The average molecular weight is 477 g/mol. The lowest BCUT2D eigenvalue weighted by atomic mass is 10.1. The molecule has 1 aliphatic rings.